The Labute approximate surface area is 185 Å². The Balaban J connectivity index is 0.00000338. The van der Waals surface area contributed by atoms with E-state index in [1.807, 2.05) is 0 Å². The van der Waals surface area contributed by atoms with Gasteiger partial charge in [0.05, 0.1) is 0 Å². The second-order valence-electron chi connectivity index (χ2n) is 6.41. The van der Waals surface area contributed by atoms with Crippen LogP contribution in [0.5, 0.6) is 0 Å². The maximum atomic E-state index is 2.43. The van der Waals surface area contributed by atoms with Crippen molar-refractivity contribution in [3.63, 3.8) is 0 Å². The Morgan fingerprint density at radius 3 is 1.35 bits per heavy atom. The Morgan fingerprint density at radius 2 is 1.04 bits per heavy atom. The van der Waals surface area contributed by atoms with Crippen molar-refractivity contribution in [1.29, 1.82) is 0 Å². The fourth-order valence-electron chi connectivity index (χ4n) is 2.95. The summed E-state index contributed by atoms with van der Waals surface area (Å²) in [5, 5.41) is 0. The molecule has 0 unspecified atom stereocenters. The summed E-state index contributed by atoms with van der Waals surface area (Å²) in [4.78, 5) is 4.87. The van der Waals surface area contributed by atoms with Gasteiger partial charge in [-0.1, -0.05) is 50.2 Å². The number of rotatable bonds is 10. The maximum absolute atomic E-state index is 2.43. The Kier molecular flexibility index (Phi) is 11.2. The van der Waals surface area contributed by atoms with Gasteiger partial charge in [0.15, 0.2) is 0 Å². The van der Waals surface area contributed by atoms with Gasteiger partial charge in [0.2, 0.25) is 0 Å². The van der Waals surface area contributed by atoms with Crippen LogP contribution in [0.1, 0.15) is 27.7 Å². The van der Waals surface area contributed by atoms with Gasteiger partial charge in [0, 0.05) is 11.4 Å². The fraction of sp³-hybridized carbons (Fsp3) is 0.348. The maximum Gasteiger partial charge on any atom is 3.00 e. The molecule has 26 heavy (non-hydrogen) atoms. The first-order valence-corrected chi connectivity index (χ1v) is 9.21. The molecule has 0 aliphatic rings. The normalized spacial score (nSPS) is 12.8. The molecule has 2 rings (SSSR count). The second kappa shape index (κ2) is 12.5. The minimum absolute atomic E-state index is 0. The number of benzene rings is 2. The summed E-state index contributed by atoms with van der Waals surface area (Å²) in [6, 6.07) is 22.1. The van der Waals surface area contributed by atoms with Crippen molar-refractivity contribution in [2.75, 3.05) is 22.9 Å². The Hall–Kier alpha value is -0.856. The number of hydrogen-bond acceptors (Lipinski definition) is 2. The number of para-hydroxylation sites is 2. The zero-order chi connectivity index (χ0) is 18.1. The summed E-state index contributed by atoms with van der Waals surface area (Å²) in [5.41, 5.74) is 2.54. The van der Waals surface area contributed by atoms with E-state index >= 15 is 0 Å². The smallest absolute Gasteiger partial charge is 0.428 e. The largest absolute Gasteiger partial charge is 3.00 e. The van der Waals surface area contributed by atoms with Crippen molar-refractivity contribution in [3.05, 3.63) is 79.9 Å². The van der Waals surface area contributed by atoms with E-state index in [1.54, 1.807) is 0 Å². The summed E-state index contributed by atoms with van der Waals surface area (Å²) in [5.74, 6) is 0. The number of hydrogen-bond donors (Lipinski definition) is 0. The molecule has 0 spiro atoms. The van der Waals surface area contributed by atoms with Crippen LogP contribution >= 0.6 is 0 Å². The van der Waals surface area contributed by atoms with Crippen LogP contribution in [0, 0.1) is 19.3 Å². The third kappa shape index (κ3) is 6.70. The molecule has 0 aromatic heterocycles. The van der Waals surface area contributed by atoms with Gasteiger partial charge in [-0.15, -0.1) is 25.2 Å². The van der Waals surface area contributed by atoms with Gasteiger partial charge in [-0.25, -0.2) is 0 Å². The average molecular weight is 424 g/mol. The van der Waals surface area contributed by atoms with Gasteiger partial charge in [0.25, 0.3) is 0 Å². The second-order valence-corrected chi connectivity index (χ2v) is 6.41. The van der Waals surface area contributed by atoms with Crippen LogP contribution in [0.4, 0.5) is 11.4 Å². The molecule has 0 aliphatic heterocycles. The topological polar surface area (TPSA) is 6.48 Å². The van der Waals surface area contributed by atoms with Crippen LogP contribution in [0.2, 0.25) is 0 Å². The van der Waals surface area contributed by atoms with Crippen molar-refractivity contribution in [1.82, 2.24) is 0 Å². The van der Waals surface area contributed by atoms with Crippen molar-refractivity contribution in [3.8, 4) is 0 Å². The zero-order valence-corrected chi connectivity index (χ0v) is 19.4. The summed E-state index contributed by atoms with van der Waals surface area (Å²) < 4.78 is 0. The Bertz CT molecular complexity index is 534. The van der Waals surface area contributed by atoms with Gasteiger partial charge < -0.3 is 22.6 Å². The van der Waals surface area contributed by atoms with E-state index in [1.165, 1.54) is 11.4 Å². The molecule has 0 N–H and O–H groups in total. The van der Waals surface area contributed by atoms with Crippen molar-refractivity contribution in [2.45, 2.75) is 39.8 Å². The molecule has 0 heterocycles. The van der Waals surface area contributed by atoms with E-state index in [2.05, 4.69) is 117 Å². The molecule has 0 fully saturated rings. The van der Waals surface area contributed by atoms with Crippen LogP contribution in [0.3, 0.4) is 0 Å². The molecule has 0 saturated heterocycles. The van der Waals surface area contributed by atoms with Crippen LogP contribution in [-0.2, 0) is 32.7 Å². The van der Waals surface area contributed by atoms with E-state index < -0.39 is 0 Å². The summed E-state index contributed by atoms with van der Waals surface area (Å²) in [7, 11) is 0. The molecule has 0 saturated carbocycles. The van der Waals surface area contributed by atoms with E-state index in [0.717, 1.165) is 13.1 Å². The SMILES string of the molecule is C[CH-][C@@H](C)N(C[CH-]CN(c1ccccc1)[C@@H](C)[CH-]C)c1ccccc1.[Y+3]. The summed E-state index contributed by atoms with van der Waals surface area (Å²) >= 11 is 0. The van der Waals surface area contributed by atoms with Crippen molar-refractivity contribution in [2.24, 2.45) is 0 Å². The molecule has 0 amide bonds. The third-order valence-corrected chi connectivity index (χ3v) is 4.78. The number of nitrogens with zero attached hydrogens (tertiary/aromatic N) is 2. The van der Waals surface area contributed by atoms with Crippen LogP contribution in [0.15, 0.2) is 60.7 Å². The number of anilines is 2. The molecule has 2 aromatic rings. The van der Waals surface area contributed by atoms with Crippen molar-refractivity contribution >= 4 is 11.4 Å². The first-order chi connectivity index (χ1) is 12.2. The molecule has 2 atom stereocenters. The van der Waals surface area contributed by atoms with Gasteiger partial charge in [-0.2, -0.15) is 13.8 Å². The zero-order valence-electron chi connectivity index (χ0n) is 16.5. The van der Waals surface area contributed by atoms with Crippen LogP contribution < -0.4 is 9.80 Å². The van der Waals surface area contributed by atoms with Gasteiger partial charge in [0.1, 0.15) is 0 Å². The molecular weight excluding hydrogens is 393 g/mol. The predicted molar refractivity (Wildman–Crippen MR) is 111 cm³/mol. The molecule has 136 valence electrons. The van der Waals surface area contributed by atoms with Gasteiger partial charge in [-0.05, 0) is 24.3 Å². The monoisotopic (exact) mass is 424 g/mol. The molecule has 0 aliphatic carbocycles. The minimum Gasteiger partial charge on any atom is -0.428 e. The summed E-state index contributed by atoms with van der Waals surface area (Å²) in [6.45, 7) is 10.6. The Morgan fingerprint density at radius 1 is 0.692 bits per heavy atom. The van der Waals surface area contributed by atoms with E-state index in [-0.39, 0.29) is 32.7 Å². The predicted octanol–water partition coefficient (Wildman–Crippen LogP) is 5.43. The van der Waals surface area contributed by atoms with Gasteiger partial charge in [-0.3, -0.25) is 6.42 Å². The third-order valence-electron chi connectivity index (χ3n) is 4.78. The minimum atomic E-state index is 0. The standard InChI is InChI=1S/C23H31N2.Y/c1-5-20(3)24(22-14-9-7-10-15-22)18-13-19-25(21(4)6-2)23-16-11-8-12-17-23;/h5-17,20-21H,18-19H2,1-4H3;/q-3;+3/t20-,21+;. The quantitative estimate of drug-likeness (QED) is 0.470. The molecule has 2 nitrogen and oxygen atoms in total. The van der Waals surface area contributed by atoms with Gasteiger partial charge >= 0.3 is 32.7 Å². The van der Waals surface area contributed by atoms with E-state index in [0.29, 0.717) is 12.1 Å². The van der Waals surface area contributed by atoms with Crippen LogP contribution in [-0.4, -0.2) is 25.2 Å². The van der Waals surface area contributed by atoms with Crippen LogP contribution in [0.25, 0.3) is 0 Å². The molecule has 0 radical (unpaired) electrons. The van der Waals surface area contributed by atoms with E-state index in [9.17, 15) is 0 Å². The summed E-state index contributed by atoms with van der Waals surface area (Å²) in [6.07, 6.45) is 6.87. The molecular formula is C23H31N2Y. The first kappa shape index (κ1) is 23.2. The average Bonchev–Trinajstić information content (AvgIpc) is 2.68. The molecule has 0 bridgehead atoms. The fourth-order valence-corrected chi connectivity index (χ4v) is 2.95. The van der Waals surface area contributed by atoms with E-state index in [4.69, 9.17) is 0 Å². The molecule has 3 heteroatoms. The van der Waals surface area contributed by atoms with Crippen molar-refractivity contribution < 1.29 is 32.7 Å². The first-order valence-electron chi connectivity index (χ1n) is 9.21. The molecule has 2 aromatic carbocycles.